The number of nitrogens with one attached hydrogen (secondary N) is 2. The Labute approximate surface area is 179 Å². The lowest BCUT2D eigenvalue weighted by molar-refractivity contribution is 0.106. The molecule has 0 saturated carbocycles. The van der Waals surface area contributed by atoms with Gasteiger partial charge in [0.05, 0.1) is 13.2 Å². The highest BCUT2D eigenvalue weighted by Crippen LogP contribution is 2.19. The van der Waals surface area contributed by atoms with Crippen molar-refractivity contribution in [2.45, 2.75) is 19.4 Å². The molecule has 0 heterocycles. The number of nitrogens with zero attached hydrogens (tertiary/aromatic N) is 1. The molecule has 2 aromatic rings. The first kappa shape index (κ1) is 23.2. The van der Waals surface area contributed by atoms with Crippen molar-refractivity contribution in [3.05, 3.63) is 65.2 Å². The molecule has 0 saturated heterocycles. The fourth-order valence-corrected chi connectivity index (χ4v) is 2.76. The highest BCUT2D eigenvalue weighted by atomic mass is 127. The SMILES string of the molecule is CN=C(NCCc1ccc(C)c(OC)c1)NCC(OC)c1ccccc1.I. The molecular weight excluding hydrogens is 453 g/mol. The number of benzene rings is 2. The molecule has 0 fully saturated rings. The molecule has 6 heteroatoms. The highest BCUT2D eigenvalue weighted by molar-refractivity contribution is 14.0. The summed E-state index contributed by atoms with van der Waals surface area (Å²) in [7, 11) is 5.20. The predicted octanol–water partition coefficient (Wildman–Crippen LogP) is 3.72. The summed E-state index contributed by atoms with van der Waals surface area (Å²) in [5, 5.41) is 6.67. The van der Waals surface area contributed by atoms with Crippen LogP contribution >= 0.6 is 24.0 Å². The van der Waals surface area contributed by atoms with E-state index in [0.717, 1.165) is 35.8 Å². The number of aryl methyl sites for hydroxylation is 1. The lowest BCUT2D eigenvalue weighted by atomic mass is 10.1. The number of ether oxygens (including phenoxy) is 2. The summed E-state index contributed by atoms with van der Waals surface area (Å²) in [6.45, 7) is 3.49. The van der Waals surface area contributed by atoms with E-state index in [1.807, 2.05) is 25.1 Å². The Bertz CT molecular complexity index is 708. The van der Waals surface area contributed by atoms with E-state index in [4.69, 9.17) is 9.47 Å². The Morgan fingerprint density at radius 3 is 2.44 bits per heavy atom. The van der Waals surface area contributed by atoms with E-state index in [2.05, 4.69) is 46.0 Å². The minimum absolute atomic E-state index is 0. The average Bonchev–Trinajstić information content (AvgIpc) is 2.69. The van der Waals surface area contributed by atoms with Gasteiger partial charge in [0.15, 0.2) is 5.96 Å². The van der Waals surface area contributed by atoms with E-state index < -0.39 is 0 Å². The maximum Gasteiger partial charge on any atom is 0.191 e. The van der Waals surface area contributed by atoms with Crippen LogP contribution < -0.4 is 15.4 Å². The molecule has 0 spiro atoms. The third-order valence-corrected chi connectivity index (χ3v) is 4.31. The van der Waals surface area contributed by atoms with E-state index in [1.54, 1.807) is 21.3 Å². The molecule has 27 heavy (non-hydrogen) atoms. The molecule has 2 rings (SSSR count). The smallest absolute Gasteiger partial charge is 0.191 e. The van der Waals surface area contributed by atoms with E-state index in [-0.39, 0.29) is 30.1 Å². The number of hydrogen-bond donors (Lipinski definition) is 2. The van der Waals surface area contributed by atoms with Crippen LogP contribution in [0.2, 0.25) is 0 Å². The van der Waals surface area contributed by atoms with Gasteiger partial charge in [0.2, 0.25) is 0 Å². The first-order valence-electron chi connectivity index (χ1n) is 8.83. The van der Waals surface area contributed by atoms with Gasteiger partial charge < -0.3 is 20.1 Å². The number of rotatable bonds is 8. The molecule has 0 aromatic heterocycles. The number of hydrogen-bond acceptors (Lipinski definition) is 3. The zero-order valence-corrected chi connectivity index (χ0v) is 18.8. The van der Waals surface area contributed by atoms with E-state index in [1.165, 1.54) is 5.56 Å². The van der Waals surface area contributed by atoms with E-state index in [9.17, 15) is 0 Å². The van der Waals surface area contributed by atoms with Crippen molar-refractivity contribution in [2.24, 2.45) is 4.99 Å². The second kappa shape index (κ2) is 12.6. The zero-order chi connectivity index (χ0) is 18.8. The van der Waals surface area contributed by atoms with E-state index >= 15 is 0 Å². The first-order valence-corrected chi connectivity index (χ1v) is 8.83. The van der Waals surface area contributed by atoms with Gasteiger partial charge in [-0.1, -0.05) is 42.5 Å². The van der Waals surface area contributed by atoms with Crippen LogP contribution in [-0.2, 0) is 11.2 Å². The van der Waals surface area contributed by atoms with Gasteiger partial charge in [0, 0.05) is 27.2 Å². The Kier molecular flexibility index (Phi) is 10.8. The molecule has 2 aromatic carbocycles. The summed E-state index contributed by atoms with van der Waals surface area (Å²) in [5.41, 5.74) is 3.52. The van der Waals surface area contributed by atoms with Crippen molar-refractivity contribution in [2.75, 3.05) is 34.4 Å². The predicted molar refractivity (Wildman–Crippen MR) is 122 cm³/mol. The monoisotopic (exact) mass is 483 g/mol. The fourth-order valence-electron chi connectivity index (χ4n) is 2.76. The minimum atomic E-state index is -0.0175. The molecule has 0 radical (unpaired) electrons. The van der Waals surface area contributed by atoms with Gasteiger partial charge in [-0.15, -0.1) is 24.0 Å². The third kappa shape index (κ3) is 7.38. The molecule has 2 N–H and O–H groups in total. The van der Waals surface area contributed by atoms with Gasteiger partial charge >= 0.3 is 0 Å². The average molecular weight is 483 g/mol. The Hall–Kier alpha value is -1.80. The number of methoxy groups -OCH3 is 2. The minimum Gasteiger partial charge on any atom is -0.496 e. The van der Waals surface area contributed by atoms with Crippen molar-refractivity contribution in [1.29, 1.82) is 0 Å². The topological polar surface area (TPSA) is 54.9 Å². The quantitative estimate of drug-likeness (QED) is 0.342. The normalized spacial score (nSPS) is 12.1. The van der Waals surface area contributed by atoms with Crippen LogP contribution in [-0.4, -0.2) is 40.3 Å². The number of halogens is 1. The molecule has 1 atom stereocenters. The largest absolute Gasteiger partial charge is 0.496 e. The van der Waals surface area contributed by atoms with Crippen molar-refractivity contribution < 1.29 is 9.47 Å². The summed E-state index contributed by atoms with van der Waals surface area (Å²) in [6.07, 6.45) is 0.875. The Balaban J connectivity index is 0.00000364. The fraction of sp³-hybridized carbons (Fsp3) is 0.381. The van der Waals surface area contributed by atoms with Gasteiger partial charge in [-0.25, -0.2) is 0 Å². The van der Waals surface area contributed by atoms with Gasteiger partial charge in [0.25, 0.3) is 0 Å². The second-order valence-electron chi connectivity index (χ2n) is 6.07. The van der Waals surface area contributed by atoms with Crippen LogP contribution in [0, 0.1) is 6.92 Å². The molecule has 5 nitrogen and oxygen atoms in total. The lowest BCUT2D eigenvalue weighted by Crippen LogP contribution is -2.40. The van der Waals surface area contributed by atoms with Crippen molar-refractivity contribution in [3.63, 3.8) is 0 Å². The summed E-state index contributed by atoms with van der Waals surface area (Å²) in [6, 6.07) is 16.5. The van der Waals surface area contributed by atoms with Crippen LogP contribution in [0.25, 0.3) is 0 Å². The van der Waals surface area contributed by atoms with Crippen molar-refractivity contribution in [3.8, 4) is 5.75 Å². The van der Waals surface area contributed by atoms with Crippen LogP contribution in [0.15, 0.2) is 53.5 Å². The third-order valence-electron chi connectivity index (χ3n) is 4.31. The number of aliphatic imine (C=N–C) groups is 1. The Morgan fingerprint density at radius 2 is 1.81 bits per heavy atom. The standard InChI is InChI=1S/C21H29N3O2.HI/c1-16-10-11-17(14-19(16)25-3)12-13-23-21(22-2)24-15-20(26-4)18-8-6-5-7-9-18;/h5-11,14,20H,12-13,15H2,1-4H3,(H2,22,23,24);1H. The molecule has 148 valence electrons. The summed E-state index contributed by atoms with van der Waals surface area (Å²) in [5.74, 6) is 1.69. The maximum absolute atomic E-state index is 5.58. The summed E-state index contributed by atoms with van der Waals surface area (Å²) < 4.78 is 11.0. The molecule has 0 aliphatic carbocycles. The summed E-state index contributed by atoms with van der Waals surface area (Å²) in [4.78, 5) is 4.28. The molecule has 0 bridgehead atoms. The zero-order valence-electron chi connectivity index (χ0n) is 16.5. The molecule has 0 aliphatic heterocycles. The van der Waals surface area contributed by atoms with Crippen molar-refractivity contribution >= 4 is 29.9 Å². The van der Waals surface area contributed by atoms with E-state index in [0.29, 0.717) is 6.54 Å². The van der Waals surface area contributed by atoms with Gasteiger partial charge in [-0.05, 0) is 36.1 Å². The van der Waals surface area contributed by atoms with Crippen molar-refractivity contribution in [1.82, 2.24) is 10.6 Å². The second-order valence-corrected chi connectivity index (χ2v) is 6.07. The Morgan fingerprint density at radius 1 is 1.07 bits per heavy atom. The summed E-state index contributed by atoms with van der Waals surface area (Å²) >= 11 is 0. The van der Waals surface area contributed by atoms with Crippen LogP contribution in [0.4, 0.5) is 0 Å². The maximum atomic E-state index is 5.58. The number of guanidine groups is 1. The van der Waals surface area contributed by atoms with Crippen LogP contribution in [0.1, 0.15) is 22.8 Å². The van der Waals surface area contributed by atoms with Gasteiger partial charge in [-0.2, -0.15) is 0 Å². The molecule has 0 aliphatic rings. The van der Waals surface area contributed by atoms with Gasteiger partial charge in [-0.3, -0.25) is 4.99 Å². The molecular formula is C21H30IN3O2. The van der Waals surface area contributed by atoms with Crippen LogP contribution in [0.5, 0.6) is 5.75 Å². The first-order chi connectivity index (χ1) is 12.7. The van der Waals surface area contributed by atoms with Crippen LogP contribution in [0.3, 0.4) is 0 Å². The lowest BCUT2D eigenvalue weighted by Gasteiger charge is -2.18. The highest BCUT2D eigenvalue weighted by Gasteiger charge is 2.10. The molecule has 1 unspecified atom stereocenters. The molecule has 0 amide bonds. The van der Waals surface area contributed by atoms with Gasteiger partial charge in [0.1, 0.15) is 5.75 Å².